The summed E-state index contributed by atoms with van der Waals surface area (Å²) in [4.78, 5) is 21.9. The third kappa shape index (κ3) is 5.21. The van der Waals surface area contributed by atoms with E-state index in [0.29, 0.717) is 24.9 Å². The third-order valence-corrected chi connectivity index (χ3v) is 3.18. The number of carbonyl (C=O) groups is 1. The van der Waals surface area contributed by atoms with Crippen LogP contribution in [0.5, 0.6) is 5.88 Å². The van der Waals surface area contributed by atoms with Gasteiger partial charge in [-0.25, -0.2) is 9.78 Å². The van der Waals surface area contributed by atoms with Crippen molar-refractivity contribution in [3.63, 3.8) is 0 Å². The molecule has 1 atom stereocenters. The van der Waals surface area contributed by atoms with E-state index in [0.717, 1.165) is 19.4 Å². The number of hydrogen-bond donors (Lipinski definition) is 0. The lowest BCUT2D eigenvalue weighted by atomic mass is 9.99. The molecular formula is C15H23N3O3. The van der Waals surface area contributed by atoms with Crippen LogP contribution in [0.1, 0.15) is 33.6 Å². The van der Waals surface area contributed by atoms with E-state index < -0.39 is 5.60 Å². The summed E-state index contributed by atoms with van der Waals surface area (Å²) in [6.45, 7) is 7.58. The molecule has 1 amide bonds. The average molecular weight is 293 g/mol. The van der Waals surface area contributed by atoms with Gasteiger partial charge in [0.1, 0.15) is 5.60 Å². The van der Waals surface area contributed by atoms with Crippen molar-refractivity contribution in [2.24, 2.45) is 5.92 Å². The molecule has 0 spiro atoms. The van der Waals surface area contributed by atoms with Crippen molar-refractivity contribution in [1.29, 1.82) is 0 Å². The van der Waals surface area contributed by atoms with Crippen LogP contribution in [0, 0.1) is 5.92 Å². The van der Waals surface area contributed by atoms with Crippen molar-refractivity contribution in [3.8, 4) is 5.88 Å². The van der Waals surface area contributed by atoms with Gasteiger partial charge in [-0.1, -0.05) is 0 Å². The molecule has 6 nitrogen and oxygen atoms in total. The number of ether oxygens (including phenoxy) is 2. The monoisotopic (exact) mass is 293 g/mol. The van der Waals surface area contributed by atoms with Gasteiger partial charge in [-0.2, -0.15) is 0 Å². The van der Waals surface area contributed by atoms with E-state index >= 15 is 0 Å². The van der Waals surface area contributed by atoms with Crippen LogP contribution in [0.4, 0.5) is 4.79 Å². The molecule has 1 aliphatic rings. The summed E-state index contributed by atoms with van der Waals surface area (Å²) in [6.07, 6.45) is 6.56. The van der Waals surface area contributed by atoms with E-state index in [2.05, 4.69) is 9.97 Å². The summed E-state index contributed by atoms with van der Waals surface area (Å²) in [5.41, 5.74) is -0.458. The fourth-order valence-electron chi connectivity index (χ4n) is 2.26. The minimum absolute atomic E-state index is 0.244. The van der Waals surface area contributed by atoms with Gasteiger partial charge in [0.15, 0.2) is 0 Å². The van der Waals surface area contributed by atoms with Crippen molar-refractivity contribution in [1.82, 2.24) is 14.9 Å². The lowest BCUT2D eigenvalue weighted by Crippen LogP contribution is -2.44. The molecule has 1 aromatic rings. The van der Waals surface area contributed by atoms with Crippen molar-refractivity contribution in [2.75, 3.05) is 19.7 Å². The van der Waals surface area contributed by atoms with Gasteiger partial charge in [-0.15, -0.1) is 0 Å². The van der Waals surface area contributed by atoms with E-state index in [9.17, 15) is 4.79 Å². The molecule has 2 rings (SSSR count). The SMILES string of the molecule is CC(C)(C)OC(=O)N1CCC[C@H](COc2cnccn2)C1. The van der Waals surface area contributed by atoms with Crippen LogP contribution in [0.25, 0.3) is 0 Å². The lowest BCUT2D eigenvalue weighted by molar-refractivity contribution is 0.0138. The molecule has 0 unspecified atom stereocenters. The minimum Gasteiger partial charge on any atom is -0.476 e. The van der Waals surface area contributed by atoms with Gasteiger partial charge in [0.05, 0.1) is 12.8 Å². The number of aromatic nitrogens is 2. The van der Waals surface area contributed by atoms with Crippen LogP contribution in [0.15, 0.2) is 18.6 Å². The Labute approximate surface area is 125 Å². The summed E-state index contributed by atoms with van der Waals surface area (Å²) in [6, 6.07) is 0. The maximum Gasteiger partial charge on any atom is 0.410 e. The van der Waals surface area contributed by atoms with Crippen LogP contribution >= 0.6 is 0 Å². The molecule has 116 valence electrons. The molecule has 0 aromatic carbocycles. The second-order valence-corrected chi connectivity index (χ2v) is 6.29. The maximum atomic E-state index is 12.1. The topological polar surface area (TPSA) is 64.5 Å². The highest BCUT2D eigenvalue weighted by atomic mass is 16.6. The summed E-state index contributed by atoms with van der Waals surface area (Å²) >= 11 is 0. The molecule has 1 fully saturated rings. The van der Waals surface area contributed by atoms with E-state index in [1.54, 1.807) is 23.5 Å². The Morgan fingerprint density at radius 1 is 1.43 bits per heavy atom. The smallest absolute Gasteiger partial charge is 0.410 e. The normalized spacial score (nSPS) is 19.2. The average Bonchev–Trinajstić information content (AvgIpc) is 2.45. The van der Waals surface area contributed by atoms with Crippen LogP contribution in [0.3, 0.4) is 0 Å². The second kappa shape index (κ2) is 6.74. The van der Waals surface area contributed by atoms with Crippen LogP contribution < -0.4 is 4.74 Å². The first-order valence-electron chi connectivity index (χ1n) is 7.31. The zero-order chi connectivity index (χ0) is 15.3. The number of piperidine rings is 1. The predicted molar refractivity (Wildman–Crippen MR) is 78.1 cm³/mol. The number of nitrogens with zero attached hydrogens (tertiary/aromatic N) is 3. The maximum absolute atomic E-state index is 12.1. The number of rotatable bonds is 3. The van der Waals surface area contributed by atoms with Gasteiger partial charge in [0, 0.05) is 31.4 Å². The Balaban J connectivity index is 1.82. The summed E-state index contributed by atoms with van der Waals surface area (Å²) in [5, 5.41) is 0. The first-order valence-corrected chi connectivity index (χ1v) is 7.31. The van der Waals surface area contributed by atoms with Crippen LogP contribution in [-0.4, -0.2) is 46.3 Å². The fourth-order valence-corrected chi connectivity index (χ4v) is 2.26. The second-order valence-electron chi connectivity index (χ2n) is 6.29. The largest absolute Gasteiger partial charge is 0.476 e. The van der Waals surface area contributed by atoms with Crippen molar-refractivity contribution in [3.05, 3.63) is 18.6 Å². The Morgan fingerprint density at radius 3 is 2.90 bits per heavy atom. The quantitative estimate of drug-likeness (QED) is 0.856. The Bertz CT molecular complexity index is 459. The Kier molecular flexibility index (Phi) is 4.98. The predicted octanol–water partition coefficient (Wildman–Crippen LogP) is 2.50. The zero-order valence-electron chi connectivity index (χ0n) is 12.9. The Morgan fingerprint density at radius 2 is 2.24 bits per heavy atom. The lowest BCUT2D eigenvalue weighted by Gasteiger charge is -2.33. The number of likely N-dealkylation sites (tertiary alicyclic amines) is 1. The zero-order valence-corrected chi connectivity index (χ0v) is 12.9. The van der Waals surface area contributed by atoms with E-state index in [1.165, 1.54) is 0 Å². The molecule has 6 heteroatoms. The van der Waals surface area contributed by atoms with Gasteiger partial charge >= 0.3 is 6.09 Å². The molecule has 0 aliphatic carbocycles. The van der Waals surface area contributed by atoms with Gasteiger partial charge in [0.25, 0.3) is 0 Å². The first-order chi connectivity index (χ1) is 9.94. The molecule has 2 heterocycles. The number of carbonyl (C=O) groups excluding carboxylic acids is 1. The highest BCUT2D eigenvalue weighted by Gasteiger charge is 2.27. The molecule has 1 aromatic heterocycles. The molecule has 0 N–H and O–H groups in total. The van der Waals surface area contributed by atoms with Crippen LogP contribution in [-0.2, 0) is 4.74 Å². The minimum atomic E-state index is -0.458. The molecule has 0 bridgehead atoms. The van der Waals surface area contributed by atoms with E-state index in [4.69, 9.17) is 9.47 Å². The number of amides is 1. The molecule has 0 radical (unpaired) electrons. The highest BCUT2D eigenvalue weighted by Crippen LogP contribution is 2.20. The summed E-state index contributed by atoms with van der Waals surface area (Å²) in [7, 11) is 0. The van der Waals surface area contributed by atoms with Crippen molar-refractivity contribution in [2.45, 2.75) is 39.2 Å². The molecule has 21 heavy (non-hydrogen) atoms. The van der Waals surface area contributed by atoms with Gasteiger partial charge < -0.3 is 14.4 Å². The molecule has 1 saturated heterocycles. The molecular weight excluding hydrogens is 270 g/mol. The molecule has 0 saturated carbocycles. The van der Waals surface area contributed by atoms with Crippen LogP contribution in [0.2, 0.25) is 0 Å². The Hall–Kier alpha value is -1.85. The fraction of sp³-hybridized carbons (Fsp3) is 0.667. The standard InChI is InChI=1S/C15H23N3O3/c1-15(2,3)21-14(19)18-8-4-5-12(10-18)11-20-13-9-16-6-7-17-13/h6-7,9,12H,4-5,8,10-11H2,1-3H3/t12-/m0/s1. The highest BCUT2D eigenvalue weighted by molar-refractivity contribution is 5.68. The number of hydrogen-bond acceptors (Lipinski definition) is 5. The third-order valence-electron chi connectivity index (χ3n) is 3.18. The van der Waals surface area contributed by atoms with E-state index in [-0.39, 0.29) is 6.09 Å². The van der Waals surface area contributed by atoms with Gasteiger partial charge in [-0.05, 0) is 33.6 Å². The van der Waals surface area contributed by atoms with Crippen molar-refractivity contribution < 1.29 is 14.3 Å². The van der Waals surface area contributed by atoms with Gasteiger partial charge in [0.2, 0.25) is 5.88 Å². The summed E-state index contributed by atoms with van der Waals surface area (Å²) < 4.78 is 11.0. The summed E-state index contributed by atoms with van der Waals surface area (Å²) in [5.74, 6) is 0.820. The van der Waals surface area contributed by atoms with Crippen molar-refractivity contribution >= 4 is 6.09 Å². The molecule has 1 aliphatic heterocycles. The van der Waals surface area contributed by atoms with Gasteiger partial charge in [-0.3, -0.25) is 4.98 Å². The van der Waals surface area contributed by atoms with E-state index in [1.807, 2.05) is 20.8 Å². The first kappa shape index (κ1) is 15.5.